The Morgan fingerprint density at radius 2 is 2.11 bits per heavy atom. The third kappa shape index (κ3) is 4.48. The smallest absolute Gasteiger partial charge is 0.222 e. The number of rotatable bonds is 4. The van der Waals surface area contributed by atoms with Crippen molar-refractivity contribution < 1.29 is 4.79 Å². The molecule has 1 amide bonds. The monoisotopic (exact) mass is 266 g/mol. The Morgan fingerprint density at radius 1 is 1.21 bits per heavy atom. The Hall–Kier alpha value is -0.570. The predicted octanol–water partition coefficient (Wildman–Crippen LogP) is 2.95. The van der Waals surface area contributed by atoms with Crippen LogP contribution in [0.5, 0.6) is 0 Å². The Labute approximate surface area is 118 Å². The molecule has 2 aliphatic heterocycles. The summed E-state index contributed by atoms with van der Waals surface area (Å²) in [5, 5.41) is 3.44. The standard InChI is InChI=1S/C16H30N2O/c1-2-15-8-4-3-5-12-18(15)16(19)10-9-14-7-6-11-17-13-14/h14-15,17H,2-13H2,1H3. The maximum atomic E-state index is 12.5. The molecular formula is C16H30N2O. The van der Waals surface area contributed by atoms with Crippen molar-refractivity contribution >= 4 is 5.91 Å². The molecule has 0 aromatic rings. The first kappa shape index (κ1) is 14.8. The zero-order chi connectivity index (χ0) is 13.5. The number of amides is 1. The van der Waals surface area contributed by atoms with Crippen LogP contribution in [0.2, 0.25) is 0 Å². The van der Waals surface area contributed by atoms with E-state index in [0.29, 0.717) is 11.9 Å². The summed E-state index contributed by atoms with van der Waals surface area (Å²) in [6.45, 7) is 5.50. The molecule has 0 aromatic heterocycles. The predicted molar refractivity (Wildman–Crippen MR) is 79.1 cm³/mol. The van der Waals surface area contributed by atoms with Crippen LogP contribution in [-0.4, -0.2) is 36.5 Å². The van der Waals surface area contributed by atoms with Crippen molar-refractivity contribution in [1.29, 1.82) is 0 Å². The summed E-state index contributed by atoms with van der Waals surface area (Å²) in [5.41, 5.74) is 0. The lowest BCUT2D eigenvalue weighted by Crippen LogP contribution is -2.40. The third-order valence-corrected chi connectivity index (χ3v) is 4.83. The lowest BCUT2D eigenvalue weighted by Gasteiger charge is -2.30. The van der Waals surface area contributed by atoms with Crippen LogP contribution < -0.4 is 5.32 Å². The highest BCUT2D eigenvalue weighted by Crippen LogP contribution is 2.22. The van der Waals surface area contributed by atoms with Crippen LogP contribution in [0.1, 0.15) is 64.7 Å². The fourth-order valence-electron chi connectivity index (χ4n) is 3.57. The number of nitrogens with one attached hydrogen (secondary N) is 1. The second kappa shape index (κ2) is 7.88. The van der Waals surface area contributed by atoms with Crippen LogP contribution in [0.4, 0.5) is 0 Å². The van der Waals surface area contributed by atoms with Gasteiger partial charge in [-0.05, 0) is 57.5 Å². The first-order valence-corrected chi connectivity index (χ1v) is 8.31. The SMILES string of the molecule is CCC1CCCCCN1C(=O)CCC1CCCNC1. The molecule has 2 unspecified atom stereocenters. The molecule has 0 radical (unpaired) electrons. The van der Waals surface area contributed by atoms with E-state index in [1.807, 2.05) is 0 Å². The lowest BCUT2D eigenvalue weighted by molar-refractivity contribution is -0.133. The van der Waals surface area contributed by atoms with Crippen LogP contribution in [0.15, 0.2) is 0 Å². The summed E-state index contributed by atoms with van der Waals surface area (Å²) in [5.74, 6) is 1.14. The topological polar surface area (TPSA) is 32.3 Å². The maximum absolute atomic E-state index is 12.5. The van der Waals surface area contributed by atoms with Gasteiger partial charge in [0.05, 0.1) is 0 Å². The molecule has 3 heteroatoms. The Bertz CT molecular complexity index is 274. The van der Waals surface area contributed by atoms with Crippen molar-refractivity contribution in [1.82, 2.24) is 10.2 Å². The molecule has 0 aliphatic carbocycles. The molecule has 2 atom stereocenters. The minimum absolute atomic E-state index is 0.416. The van der Waals surface area contributed by atoms with Crippen molar-refractivity contribution in [2.24, 2.45) is 5.92 Å². The van der Waals surface area contributed by atoms with E-state index in [4.69, 9.17) is 0 Å². The molecule has 0 spiro atoms. The van der Waals surface area contributed by atoms with Gasteiger partial charge in [0.1, 0.15) is 0 Å². The highest BCUT2D eigenvalue weighted by atomic mass is 16.2. The molecule has 110 valence electrons. The van der Waals surface area contributed by atoms with Gasteiger partial charge in [0.2, 0.25) is 5.91 Å². The fraction of sp³-hybridized carbons (Fsp3) is 0.938. The Balaban J connectivity index is 1.79. The molecular weight excluding hydrogens is 236 g/mol. The van der Waals surface area contributed by atoms with E-state index in [0.717, 1.165) is 44.8 Å². The van der Waals surface area contributed by atoms with Crippen LogP contribution in [0, 0.1) is 5.92 Å². The normalized spacial score (nSPS) is 29.0. The van der Waals surface area contributed by atoms with Crippen LogP contribution in [0.3, 0.4) is 0 Å². The fourth-order valence-corrected chi connectivity index (χ4v) is 3.57. The molecule has 0 saturated carbocycles. The van der Waals surface area contributed by atoms with Gasteiger partial charge in [-0.25, -0.2) is 0 Å². The number of hydrogen-bond donors (Lipinski definition) is 1. The number of likely N-dealkylation sites (tertiary alicyclic amines) is 1. The average molecular weight is 266 g/mol. The van der Waals surface area contributed by atoms with Gasteiger partial charge in [-0.2, -0.15) is 0 Å². The van der Waals surface area contributed by atoms with Crippen LogP contribution >= 0.6 is 0 Å². The second-order valence-corrected chi connectivity index (χ2v) is 6.25. The van der Waals surface area contributed by atoms with Gasteiger partial charge in [-0.3, -0.25) is 4.79 Å². The van der Waals surface area contributed by atoms with E-state index in [-0.39, 0.29) is 0 Å². The van der Waals surface area contributed by atoms with Crippen molar-refractivity contribution in [2.45, 2.75) is 70.8 Å². The van der Waals surface area contributed by atoms with Gasteiger partial charge in [-0.1, -0.05) is 19.8 Å². The Kier molecular flexibility index (Phi) is 6.15. The van der Waals surface area contributed by atoms with Gasteiger partial charge in [0.25, 0.3) is 0 Å². The van der Waals surface area contributed by atoms with Crippen molar-refractivity contribution in [3.05, 3.63) is 0 Å². The molecule has 2 fully saturated rings. The van der Waals surface area contributed by atoms with Crippen molar-refractivity contribution in [2.75, 3.05) is 19.6 Å². The van der Waals surface area contributed by atoms with Gasteiger partial charge >= 0.3 is 0 Å². The first-order chi connectivity index (χ1) is 9.31. The summed E-state index contributed by atoms with van der Waals surface area (Å²) >= 11 is 0. The molecule has 2 rings (SSSR count). The minimum atomic E-state index is 0.416. The third-order valence-electron chi connectivity index (χ3n) is 4.83. The first-order valence-electron chi connectivity index (χ1n) is 8.31. The molecule has 2 saturated heterocycles. The lowest BCUT2D eigenvalue weighted by atomic mass is 9.94. The number of piperidine rings is 1. The summed E-state index contributed by atoms with van der Waals surface area (Å²) in [7, 11) is 0. The van der Waals surface area contributed by atoms with E-state index >= 15 is 0 Å². The highest BCUT2D eigenvalue weighted by Gasteiger charge is 2.24. The van der Waals surface area contributed by atoms with E-state index in [2.05, 4.69) is 17.1 Å². The van der Waals surface area contributed by atoms with E-state index in [1.165, 1.54) is 38.5 Å². The zero-order valence-corrected chi connectivity index (χ0v) is 12.5. The van der Waals surface area contributed by atoms with E-state index in [9.17, 15) is 4.79 Å². The Morgan fingerprint density at radius 3 is 2.84 bits per heavy atom. The van der Waals surface area contributed by atoms with E-state index < -0.39 is 0 Å². The molecule has 0 bridgehead atoms. The summed E-state index contributed by atoms with van der Waals surface area (Å²) < 4.78 is 0. The van der Waals surface area contributed by atoms with Gasteiger partial charge in [-0.15, -0.1) is 0 Å². The highest BCUT2D eigenvalue weighted by molar-refractivity contribution is 5.76. The summed E-state index contributed by atoms with van der Waals surface area (Å²) in [4.78, 5) is 14.7. The number of nitrogens with zero attached hydrogens (tertiary/aromatic N) is 1. The minimum Gasteiger partial charge on any atom is -0.340 e. The molecule has 1 N–H and O–H groups in total. The molecule has 19 heavy (non-hydrogen) atoms. The molecule has 0 aromatic carbocycles. The van der Waals surface area contributed by atoms with Crippen LogP contribution in [-0.2, 0) is 4.79 Å². The van der Waals surface area contributed by atoms with Gasteiger partial charge < -0.3 is 10.2 Å². The average Bonchev–Trinajstić information content (AvgIpc) is 2.71. The van der Waals surface area contributed by atoms with E-state index in [1.54, 1.807) is 0 Å². The van der Waals surface area contributed by atoms with Gasteiger partial charge in [0.15, 0.2) is 0 Å². The molecule has 2 aliphatic rings. The quantitative estimate of drug-likeness (QED) is 0.848. The van der Waals surface area contributed by atoms with Crippen LogP contribution in [0.25, 0.3) is 0 Å². The molecule has 3 nitrogen and oxygen atoms in total. The number of carbonyl (C=O) groups excluding carboxylic acids is 1. The second-order valence-electron chi connectivity index (χ2n) is 6.25. The van der Waals surface area contributed by atoms with Gasteiger partial charge in [0, 0.05) is 19.0 Å². The largest absolute Gasteiger partial charge is 0.340 e. The van der Waals surface area contributed by atoms with Crippen molar-refractivity contribution in [3.63, 3.8) is 0 Å². The summed E-state index contributed by atoms with van der Waals surface area (Å²) in [6, 6.07) is 0.513. The van der Waals surface area contributed by atoms with Crippen molar-refractivity contribution in [3.8, 4) is 0 Å². The number of hydrogen-bond acceptors (Lipinski definition) is 2. The summed E-state index contributed by atoms with van der Waals surface area (Å²) in [6.07, 6.45) is 10.6. The maximum Gasteiger partial charge on any atom is 0.222 e. The molecule has 2 heterocycles. The number of carbonyl (C=O) groups is 1. The zero-order valence-electron chi connectivity index (χ0n) is 12.5.